The standard InChI is InChI=1S/C23H23ClN4O2S/c1-4-28-22(20-12-15-11-16(24)9-10-19(15)30-20)26-27-23(28)31-13-21(29)25-18-8-6-5-7-17(18)14(2)3/h5-12,14H,4,13H2,1-3H3,(H,25,29). The van der Waals surface area contributed by atoms with Gasteiger partial charge in [-0.2, -0.15) is 0 Å². The third-order valence-electron chi connectivity index (χ3n) is 4.92. The molecule has 0 saturated heterocycles. The Bertz CT molecular complexity index is 1230. The second-order valence-corrected chi connectivity index (χ2v) is 8.80. The molecule has 160 valence electrons. The number of carbonyl (C=O) groups is 1. The highest BCUT2D eigenvalue weighted by molar-refractivity contribution is 7.99. The SMILES string of the molecule is CCn1c(SCC(=O)Nc2ccccc2C(C)C)nnc1-c1cc2cc(Cl)ccc2o1. The number of furan rings is 1. The van der Waals surface area contributed by atoms with Crippen molar-refractivity contribution >= 4 is 45.9 Å². The maximum atomic E-state index is 12.6. The Morgan fingerprint density at radius 2 is 2.00 bits per heavy atom. The minimum Gasteiger partial charge on any atom is -0.453 e. The molecule has 1 amide bonds. The molecule has 0 aliphatic carbocycles. The fourth-order valence-electron chi connectivity index (χ4n) is 3.42. The number of hydrogen-bond acceptors (Lipinski definition) is 5. The summed E-state index contributed by atoms with van der Waals surface area (Å²) in [6, 6.07) is 15.3. The lowest BCUT2D eigenvalue weighted by Gasteiger charge is -2.13. The van der Waals surface area contributed by atoms with Gasteiger partial charge in [-0.1, -0.05) is 55.4 Å². The molecule has 6 nitrogen and oxygen atoms in total. The van der Waals surface area contributed by atoms with E-state index in [1.54, 1.807) is 6.07 Å². The molecule has 0 aliphatic rings. The van der Waals surface area contributed by atoms with Crippen LogP contribution in [0.25, 0.3) is 22.6 Å². The van der Waals surface area contributed by atoms with Crippen LogP contribution in [0.2, 0.25) is 5.02 Å². The molecule has 4 rings (SSSR count). The number of aromatic nitrogens is 3. The summed E-state index contributed by atoms with van der Waals surface area (Å²) in [6.45, 7) is 6.88. The number of amides is 1. The molecule has 0 radical (unpaired) electrons. The van der Waals surface area contributed by atoms with Crippen molar-refractivity contribution in [2.75, 3.05) is 11.1 Å². The number of hydrogen-bond donors (Lipinski definition) is 1. The van der Waals surface area contributed by atoms with E-state index >= 15 is 0 Å². The van der Waals surface area contributed by atoms with Crippen LogP contribution in [0.15, 0.2) is 58.1 Å². The third kappa shape index (κ3) is 4.62. The summed E-state index contributed by atoms with van der Waals surface area (Å²) >= 11 is 7.43. The van der Waals surface area contributed by atoms with Crippen LogP contribution in [0.5, 0.6) is 0 Å². The largest absolute Gasteiger partial charge is 0.453 e. The number of anilines is 1. The zero-order valence-electron chi connectivity index (χ0n) is 17.6. The van der Waals surface area contributed by atoms with Gasteiger partial charge in [0.1, 0.15) is 5.58 Å². The third-order valence-corrected chi connectivity index (χ3v) is 6.12. The zero-order chi connectivity index (χ0) is 22.0. The molecule has 0 aliphatic heterocycles. The number of nitrogens with zero attached hydrogens (tertiary/aromatic N) is 3. The van der Waals surface area contributed by atoms with E-state index in [4.69, 9.17) is 16.0 Å². The Labute approximate surface area is 190 Å². The average Bonchev–Trinajstić information content (AvgIpc) is 3.35. The first-order valence-electron chi connectivity index (χ1n) is 10.1. The van der Waals surface area contributed by atoms with E-state index in [1.807, 2.05) is 54.0 Å². The minimum atomic E-state index is -0.0799. The first kappa shape index (κ1) is 21.5. The lowest BCUT2D eigenvalue weighted by atomic mass is 10.0. The summed E-state index contributed by atoms with van der Waals surface area (Å²) in [5, 5.41) is 13.8. The van der Waals surface area contributed by atoms with Crippen molar-refractivity contribution in [3.63, 3.8) is 0 Å². The molecule has 2 aromatic heterocycles. The Kier molecular flexibility index (Phi) is 6.34. The lowest BCUT2D eigenvalue weighted by Crippen LogP contribution is -2.16. The Morgan fingerprint density at radius 3 is 2.77 bits per heavy atom. The van der Waals surface area contributed by atoms with Crippen LogP contribution in [0.4, 0.5) is 5.69 Å². The smallest absolute Gasteiger partial charge is 0.234 e. The summed E-state index contributed by atoms with van der Waals surface area (Å²) in [7, 11) is 0. The van der Waals surface area contributed by atoms with E-state index in [0.717, 1.165) is 22.2 Å². The summed E-state index contributed by atoms with van der Waals surface area (Å²) in [5.74, 6) is 1.73. The van der Waals surface area contributed by atoms with Crippen molar-refractivity contribution < 1.29 is 9.21 Å². The molecule has 0 saturated carbocycles. The first-order chi connectivity index (χ1) is 15.0. The highest BCUT2D eigenvalue weighted by Crippen LogP contribution is 2.31. The van der Waals surface area contributed by atoms with Gasteiger partial charge in [-0.3, -0.25) is 9.36 Å². The topological polar surface area (TPSA) is 73.0 Å². The van der Waals surface area contributed by atoms with Crippen LogP contribution in [-0.4, -0.2) is 26.4 Å². The van der Waals surface area contributed by atoms with Gasteiger partial charge < -0.3 is 9.73 Å². The van der Waals surface area contributed by atoms with E-state index in [0.29, 0.717) is 34.2 Å². The molecule has 0 spiro atoms. The summed E-state index contributed by atoms with van der Waals surface area (Å²) in [4.78, 5) is 12.6. The molecule has 0 unspecified atom stereocenters. The second-order valence-electron chi connectivity index (χ2n) is 7.42. The monoisotopic (exact) mass is 454 g/mol. The highest BCUT2D eigenvalue weighted by atomic mass is 35.5. The number of nitrogens with one attached hydrogen (secondary N) is 1. The highest BCUT2D eigenvalue weighted by Gasteiger charge is 2.18. The quantitative estimate of drug-likeness (QED) is 0.335. The van der Waals surface area contributed by atoms with Crippen LogP contribution >= 0.6 is 23.4 Å². The van der Waals surface area contributed by atoms with Crippen molar-refractivity contribution in [3.05, 3.63) is 59.1 Å². The Hall–Kier alpha value is -2.77. The van der Waals surface area contributed by atoms with Gasteiger partial charge >= 0.3 is 0 Å². The van der Waals surface area contributed by atoms with Gasteiger partial charge in [-0.05, 0) is 48.7 Å². The first-order valence-corrected chi connectivity index (χ1v) is 11.5. The average molecular weight is 455 g/mol. The molecule has 31 heavy (non-hydrogen) atoms. The summed E-state index contributed by atoms with van der Waals surface area (Å²) in [6.07, 6.45) is 0. The van der Waals surface area contributed by atoms with Crippen molar-refractivity contribution in [2.45, 2.75) is 38.4 Å². The van der Waals surface area contributed by atoms with Gasteiger partial charge in [-0.15, -0.1) is 10.2 Å². The minimum absolute atomic E-state index is 0.0799. The fourth-order valence-corrected chi connectivity index (χ4v) is 4.40. The molecule has 4 aromatic rings. The molecule has 2 aromatic carbocycles. The number of benzene rings is 2. The molecular weight excluding hydrogens is 432 g/mol. The van der Waals surface area contributed by atoms with Gasteiger partial charge in [0.05, 0.1) is 5.75 Å². The summed E-state index contributed by atoms with van der Waals surface area (Å²) in [5.41, 5.74) is 2.70. The van der Waals surface area contributed by atoms with Crippen molar-refractivity contribution in [1.82, 2.24) is 14.8 Å². The zero-order valence-corrected chi connectivity index (χ0v) is 19.1. The Balaban J connectivity index is 1.49. The van der Waals surface area contributed by atoms with E-state index < -0.39 is 0 Å². The van der Waals surface area contributed by atoms with E-state index in [9.17, 15) is 4.79 Å². The maximum Gasteiger partial charge on any atom is 0.234 e. The van der Waals surface area contributed by atoms with Crippen molar-refractivity contribution in [1.29, 1.82) is 0 Å². The van der Waals surface area contributed by atoms with Crippen molar-refractivity contribution in [3.8, 4) is 11.6 Å². The molecule has 0 bridgehead atoms. The Morgan fingerprint density at radius 1 is 1.19 bits per heavy atom. The van der Waals surface area contributed by atoms with Crippen LogP contribution in [0, 0.1) is 0 Å². The van der Waals surface area contributed by atoms with Gasteiger partial charge in [0.25, 0.3) is 0 Å². The maximum absolute atomic E-state index is 12.6. The van der Waals surface area contributed by atoms with Gasteiger partial charge in [0, 0.05) is 22.6 Å². The molecule has 0 atom stereocenters. The number of carbonyl (C=O) groups excluding carboxylic acids is 1. The van der Waals surface area contributed by atoms with E-state index in [2.05, 4.69) is 29.4 Å². The molecular formula is C23H23ClN4O2S. The molecule has 1 N–H and O–H groups in total. The van der Waals surface area contributed by atoms with Gasteiger partial charge in [-0.25, -0.2) is 0 Å². The second kappa shape index (κ2) is 9.16. The number of fused-ring (bicyclic) bond motifs is 1. The number of para-hydroxylation sites is 1. The predicted octanol–water partition coefficient (Wildman–Crippen LogP) is 6.22. The summed E-state index contributed by atoms with van der Waals surface area (Å²) < 4.78 is 7.88. The van der Waals surface area contributed by atoms with Crippen LogP contribution < -0.4 is 5.32 Å². The van der Waals surface area contributed by atoms with Crippen LogP contribution in [0.1, 0.15) is 32.3 Å². The number of rotatable bonds is 7. The fraction of sp³-hybridized carbons (Fsp3) is 0.261. The van der Waals surface area contributed by atoms with Gasteiger partial charge in [0.2, 0.25) is 11.7 Å². The predicted molar refractivity (Wildman–Crippen MR) is 126 cm³/mol. The van der Waals surface area contributed by atoms with E-state index in [-0.39, 0.29) is 11.7 Å². The number of thioether (sulfide) groups is 1. The van der Waals surface area contributed by atoms with Gasteiger partial charge in [0.15, 0.2) is 10.9 Å². The molecule has 8 heteroatoms. The normalized spacial score (nSPS) is 11.4. The van der Waals surface area contributed by atoms with Crippen LogP contribution in [-0.2, 0) is 11.3 Å². The molecule has 0 fully saturated rings. The lowest BCUT2D eigenvalue weighted by molar-refractivity contribution is -0.113. The van der Waals surface area contributed by atoms with Crippen molar-refractivity contribution in [2.24, 2.45) is 0 Å². The van der Waals surface area contributed by atoms with Crippen LogP contribution in [0.3, 0.4) is 0 Å². The molecule has 2 heterocycles. The van der Waals surface area contributed by atoms with E-state index in [1.165, 1.54) is 11.8 Å². The number of halogens is 1.